The zero-order valence-electron chi connectivity index (χ0n) is 14.2. The van der Waals surface area contributed by atoms with Gasteiger partial charge in [-0.25, -0.2) is 4.98 Å². The van der Waals surface area contributed by atoms with Gasteiger partial charge < -0.3 is 10.6 Å². The number of anilines is 3. The quantitative estimate of drug-likeness (QED) is 0.608. The number of benzene rings is 1. The summed E-state index contributed by atoms with van der Waals surface area (Å²) >= 11 is 6.01. The fraction of sp³-hybridized carbons (Fsp3) is 0.167. The van der Waals surface area contributed by atoms with Gasteiger partial charge in [-0.3, -0.25) is 4.98 Å². The number of para-hydroxylation sites is 1. The van der Waals surface area contributed by atoms with Crippen LogP contribution in [0.15, 0.2) is 48.7 Å². The third-order valence-corrected chi connectivity index (χ3v) is 3.88. The molecule has 0 bridgehead atoms. The van der Waals surface area contributed by atoms with Crippen LogP contribution in [0.1, 0.15) is 12.5 Å². The van der Waals surface area contributed by atoms with E-state index in [0.717, 1.165) is 6.07 Å². The van der Waals surface area contributed by atoms with Crippen LogP contribution in [0.4, 0.5) is 30.6 Å². The molecule has 3 rings (SSSR count). The lowest BCUT2D eigenvalue weighted by Gasteiger charge is -2.16. The van der Waals surface area contributed by atoms with Gasteiger partial charge in [-0.05, 0) is 31.2 Å². The average Bonchev–Trinajstić information content (AvgIpc) is 2.63. The van der Waals surface area contributed by atoms with Crippen molar-refractivity contribution in [1.29, 1.82) is 0 Å². The summed E-state index contributed by atoms with van der Waals surface area (Å²) < 4.78 is 40.0. The van der Waals surface area contributed by atoms with E-state index in [4.69, 9.17) is 11.6 Å². The minimum Gasteiger partial charge on any atom is -0.354 e. The highest BCUT2D eigenvalue weighted by molar-refractivity contribution is 6.33. The van der Waals surface area contributed by atoms with Crippen molar-refractivity contribution in [2.24, 2.45) is 0 Å². The Morgan fingerprint density at radius 2 is 1.85 bits per heavy atom. The summed E-state index contributed by atoms with van der Waals surface area (Å²) in [5.41, 5.74) is -0.111. The van der Waals surface area contributed by atoms with Gasteiger partial charge in [0, 0.05) is 18.8 Å². The minimum atomic E-state index is -4.56. The van der Waals surface area contributed by atoms with E-state index in [9.17, 15) is 13.2 Å². The molecule has 0 saturated heterocycles. The van der Waals surface area contributed by atoms with E-state index in [-0.39, 0.29) is 22.5 Å². The van der Waals surface area contributed by atoms with Gasteiger partial charge in [0.05, 0.1) is 27.7 Å². The number of halogens is 4. The molecule has 2 N–H and O–H groups in total. The van der Waals surface area contributed by atoms with Gasteiger partial charge in [-0.1, -0.05) is 23.7 Å². The molecule has 0 spiro atoms. The van der Waals surface area contributed by atoms with Gasteiger partial charge in [0.2, 0.25) is 5.95 Å². The molecule has 27 heavy (non-hydrogen) atoms. The van der Waals surface area contributed by atoms with Crippen molar-refractivity contribution in [2.45, 2.75) is 13.1 Å². The van der Waals surface area contributed by atoms with E-state index in [1.54, 1.807) is 24.4 Å². The number of pyridine rings is 1. The normalized spacial score (nSPS) is 11.3. The monoisotopic (exact) mass is 393 g/mol. The molecule has 0 saturated carbocycles. The third-order valence-electron chi connectivity index (χ3n) is 3.56. The fourth-order valence-corrected chi connectivity index (χ4v) is 2.63. The summed E-state index contributed by atoms with van der Waals surface area (Å²) in [6.07, 6.45) is -2.96. The Kier molecular flexibility index (Phi) is 5.46. The number of alkyl halides is 3. The van der Waals surface area contributed by atoms with E-state index in [2.05, 4.69) is 25.6 Å². The van der Waals surface area contributed by atoms with Gasteiger partial charge in [0.15, 0.2) is 0 Å². The predicted molar refractivity (Wildman–Crippen MR) is 99.2 cm³/mol. The molecule has 2 aromatic heterocycles. The van der Waals surface area contributed by atoms with Crippen LogP contribution in [0.3, 0.4) is 0 Å². The van der Waals surface area contributed by atoms with Crippen LogP contribution < -0.4 is 10.6 Å². The topological polar surface area (TPSA) is 62.7 Å². The Hall–Kier alpha value is -2.87. The second-order valence-electron chi connectivity index (χ2n) is 5.49. The van der Waals surface area contributed by atoms with Crippen molar-refractivity contribution in [3.63, 3.8) is 0 Å². The molecule has 0 unspecified atom stereocenters. The van der Waals surface area contributed by atoms with Crippen LogP contribution in [0.25, 0.3) is 11.4 Å². The van der Waals surface area contributed by atoms with E-state index in [1.165, 1.54) is 18.2 Å². The SMILES string of the molecule is CCNc1nc(Nc2c(Cl)cccc2C(F)(F)F)cc(-c2ccccn2)n1. The van der Waals surface area contributed by atoms with Crippen molar-refractivity contribution in [1.82, 2.24) is 15.0 Å². The van der Waals surface area contributed by atoms with Crippen LogP contribution in [0.2, 0.25) is 5.02 Å². The second kappa shape index (κ2) is 7.79. The lowest BCUT2D eigenvalue weighted by atomic mass is 10.1. The summed E-state index contributed by atoms with van der Waals surface area (Å²) in [5.74, 6) is 0.434. The molecule has 0 amide bonds. The van der Waals surface area contributed by atoms with Crippen LogP contribution in [0, 0.1) is 0 Å². The highest BCUT2D eigenvalue weighted by atomic mass is 35.5. The first-order chi connectivity index (χ1) is 12.9. The molecule has 5 nitrogen and oxygen atoms in total. The molecular weight excluding hydrogens is 379 g/mol. The molecule has 1 aromatic carbocycles. The van der Waals surface area contributed by atoms with Crippen LogP contribution in [-0.2, 0) is 6.18 Å². The van der Waals surface area contributed by atoms with Crippen molar-refractivity contribution >= 4 is 29.1 Å². The van der Waals surface area contributed by atoms with Crippen LogP contribution >= 0.6 is 11.6 Å². The smallest absolute Gasteiger partial charge is 0.354 e. The van der Waals surface area contributed by atoms with Gasteiger partial charge in [-0.15, -0.1) is 0 Å². The maximum Gasteiger partial charge on any atom is 0.418 e. The number of nitrogens with zero attached hydrogens (tertiary/aromatic N) is 3. The molecule has 0 fully saturated rings. The van der Waals surface area contributed by atoms with E-state index in [0.29, 0.717) is 17.9 Å². The number of hydrogen-bond donors (Lipinski definition) is 2. The molecule has 0 radical (unpaired) electrons. The van der Waals surface area contributed by atoms with Crippen LogP contribution in [-0.4, -0.2) is 21.5 Å². The molecule has 0 aliphatic heterocycles. The molecule has 140 valence electrons. The first kappa shape index (κ1) is 18.9. The number of aromatic nitrogens is 3. The minimum absolute atomic E-state index is 0.0622. The van der Waals surface area contributed by atoms with Crippen LogP contribution in [0.5, 0.6) is 0 Å². The predicted octanol–water partition coefficient (Wildman–Crippen LogP) is 5.39. The van der Waals surface area contributed by atoms with E-state index < -0.39 is 11.7 Å². The molecule has 3 aromatic rings. The van der Waals surface area contributed by atoms with Crippen molar-refractivity contribution < 1.29 is 13.2 Å². The van der Waals surface area contributed by atoms with E-state index >= 15 is 0 Å². The zero-order chi connectivity index (χ0) is 19.4. The van der Waals surface area contributed by atoms with Gasteiger partial charge in [0.1, 0.15) is 5.82 Å². The lowest BCUT2D eigenvalue weighted by Crippen LogP contribution is -2.11. The molecule has 0 aliphatic carbocycles. The Bertz CT molecular complexity index is 932. The molecule has 2 heterocycles. The first-order valence-corrected chi connectivity index (χ1v) is 8.43. The Morgan fingerprint density at radius 1 is 1.04 bits per heavy atom. The summed E-state index contributed by atoms with van der Waals surface area (Å²) in [5, 5.41) is 5.58. The number of nitrogens with one attached hydrogen (secondary N) is 2. The number of rotatable bonds is 5. The standard InChI is InChI=1S/C18H15ClF3N5/c1-2-23-17-25-14(13-8-3-4-9-24-13)10-15(27-17)26-16-11(18(20,21)22)6-5-7-12(16)19/h3-10H,2H2,1H3,(H2,23,25,26,27). The summed E-state index contributed by atoms with van der Waals surface area (Å²) in [6.45, 7) is 2.41. The lowest BCUT2D eigenvalue weighted by molar-refractivity contribution is -0.136. The zero-order valence-corrected chi connectivity index (χ0v) is 14.9. The maximum absolute atomic E-state index is 13.3. The summed E-state index contributed by atoms with van der Waals surface area (Å²) in [4.78, 5) is 12.8. The molecule has 0 aliphatic rings. The maximum atomic E-state index is 13.3. The molecule has 0 atom stereocenters. The molecule has 9 heteroatoms. The van der Waals surface area contributed by atoms with Crippen molar-refractivity contribution in [3.8, 4) is 11.4 Å². The summed E-state index contributed by atoms with van der Waals surface area (Å²) in [6, 6.07) is 10.4. The van der Waals surface area contributed by atoms with Crippen molar-refractivity contribution in [2.75, 3.05) is 17.2 Å². The average molecular weight is 394 g/mol. The fourth-order valence-electron chi connectivity index (χ4n) is 2.41. The van der Waals surface area contributed by atoms with Gasteiger partial charge in [0.25, 0.3) is 0 Å². The molecular formula is C18H15ClF3N5. The third kappa shape index (κ3) is 4.46. The van der Waals surface area contributed by atoms with Gasteiger partial charge >= 0.3 is 6.18 Å². The number of hydrogen-bond acceptors (Lipinski definition) is 5. The summed E-state index contributed by atoms with van der Waals surface area (Å²) in [7, 11) is 0. The largest absolute Gasteiger partial charge is 0.418 e. The van der Waals surface area contributed by atoms with E-state index in [1.807, 2.05) is 6.92 Å². The highest BCUT2D eigenvalue weighted by Gasteiger charge is 2.34. The Balaban J connectivity index is 2.07. The highest BCUT2D eigenvalue weighted by Crippen LogP contribution is 2.39. The van der Waals surface area contributed by atoms with Gasteiger partial charge in [-0.2, -0.15) is 18.2 Å². The van der Waals surface area contributed by atoms with Crippen molar-refractivity contribution in [3.05, 3.63) is 59.2 Å². The Morgan fingerprint density at radius 3 is 2.52 bits per heavy atom. The Labute approximate surface area is 158 Å². The second-order valence-corrected chi connectivity index (χ2v) is 5.90. The first-order valence-electron chi connectivity index (χ1n) is 8.05.